The van der Waals surface area contributed by atoms with Gasteiger partial charge in [0.05, 0.1) is 18.3 Å². The van der Waals surface area contributed by atoms with Crippen molar-refractivity contribution in [2.75, 3.05) is 6.61 Å². The Morgan fingerprint density at radius 1 is 0.848 bits per heavy atom. The maximum atomic E-state index is 7.25. The van der Waals surface area contributed by atoms with Crippen LogP contribution in [-0.4, -0.2) is 47.3 Å². The normalized spacial score (nSPS) is 28.4. The molecule has 1 aliphatic heterocycles. The van der Waals surface area contributed by atoms with Crippen molar-refractivity contribution in [1.29, 1.82) is 0 Å². The lowest BCUT2D eigenvalue weighted by molar-refractivity contribution is -0.302. The van der Waals surface area contributed by atoms with Gasteiger partial charge >= 0.3 is 0 Å². The van der Waals surface area contributed by atoms with Crippen molar-refractivity contribution in [3.63, 3.8) is 0 Å². The van der Waals surface area contributed by atoms with E-state index in [4.69, 9.17) is 18.3 Å². The van der Waals surface area contributed by atoms with Crippen molar-refractivity contribution in [2.24, 2.45) is 17.8 Å². The maximum absolute atomic E-state index is 7.25. The van der Waals surface area contributed by atoms with E-state index in [1.807, 2.05) is 0 Å². The highest BCUT2D eigenvalue weighted by Gasteiger charge is 2.50. The molecule has 0 saturated carbocycles. The van der Waals surface area contributed by atoms with E-state index >= 15 is 0 Å². The van der Waals surface area contributed by atoms with Gasteiger partial charge < -0.3 is 18.3 Å². The standard InChI is InChI=1S/C40H60O4Si2/c1-30-23-24-31-17-16-22-37(44-45(7,8)9)38(31)36(30)26-25-32-29-33(43-40(5,6)42-32)27-28-41-46(39(2,3)4,34-18-12-10-13-19-34)35-20-14-11-15-21-35/h10-15,17-21,23-24,30,32-33,36-38H,16,22,25-29H2,1-9H3/t30-,32+,33-,36-,37+,38-/m0/s1. The zero-order valence-corrected chi connectivity index (χ0v) is 32.1. The molecule has 0 aromatic heterocycles. The van der Waals surface area contributed by atoms with Gasteiger partial charge in [0.25, 0.3) is 8.32 Å². The summed E-state index contributed by atoms with van der Waals surface area (Å²) < 4.78 is 27.2. The summed E-state index contributed by atoms with van der Waals surface area (Å²) in [5.74, 6) is 0.993. The summed E-state index contributed by atoms with van der Waals surface area (Å²) in [6.07, 6.45) is 14.1. The molecule has 46 heavy (non-hydrogen) atoms. The Bertz CT molecular complexity index is 1290. The molecule has 0 amide bonds. The first-order valence-corrected chi connectivity index (χ1v) is 23.2. The summed E-state index contributed by atoms with van der Waals surface area (Å²) in [4.78, 5) is 0. The van der Waals surface area contributed by atoms with Gasteiger partial charge in [0, 0.05) is 18.9 Å². The fourth-order valence-electron chi connectivity index (χ4n) is 8.46. The van der Waals surface area contributed by atoms with Crippen LogP contribution in [0.3, 0.4) is 0 Å². The van der Waals surface area contributed by atoms with Gasteiger partial charge in [-0.1, -0.05) is 107 Å². The molecule has 2 aromatic rings. The van der Waals surface area contributed by atoms with Crippen LogP contribution in [0.25, 0.3) is 0 Å². The number of hydrogen-bond acceptors (Lipinski definition) is 4. The molecule has 2 aliphatic carbocycles. The Morgan fingerprint density at radius 2 is 1.43 bits per heavy atom. The van der Waals surface area contributed by atoms with Gasteiger partial charge in [-0.05, 0) is 98.4 Å². The predicted octanol–water partition coefficient (Wildman–Crippen LogP) is 9.02. The fourth-order valence-corrected chi connectivity index (χ4v) is 14.2. The molecule has 2 aromatic carbocycles. The zero-order chi connectivity index (χ0) is 33.2. The highest BCUT2D eigenvalue weighted by Crippen LogP contribution is 2.45. The summed E-state index contributed by atoms with van der Waals surface area (Å²) in [5.41, 5.74) is 1.50. The molecular weight excluding hydrogens is 601 g/mol. The highest BCUT2D eigenvalue weighted by molar-refractivity contribution is 6.99. The lowest BCUT2D eigenvalue weighted by Gasteiger charge is -2.46. The topological polar surface area (TPSA) is 36.9 Å². The number of rotatable bonds is 11. The van der Waals surface area contributed by atoms with Gasteiger partial charge in [-0.3, -0.25) is 0 Å². The summed E-state index contributed by atoms with van der Waals surface area (Å²) in [7, 11) is -4.22. The molecule has 3 aliphatic rings. The zero-order valence-electron chi connectivity index (χ0n) is 30.1. The average molecular weight is 661 g/mol. The molecule has 1 saturated heterocycles. The summed E-state index contributed by atoms with van der Waals surface area (Å²) >= 11 is 0. The molecule has 6 atom stereocenters. The van der Waals surface area contributed by atoms with Gasteiger partial charge in [-0.15, -0.1) is 0 Å². The van der Waals surface area contributed by atoms with E-state index < -0.39 is 22.4 Å². The second kappa shape index (κ2) is 14.4. The van der Waals surface area contributed by atoms with Crippen LogP contribution < -0.4 is 10.4 Å². The molecular formula is C40H60O4Si2. The van der Waals surface area contributed by atoms with E-state index in [9.17, 15) is 0 Å². The first-order chi connectivity index (χ1) is 21.7. The average Bonchev–Trinajstić information content (AvgIpc) is 2.98. The third kappa shape index (κ3) is 8.24. The van der Waals surface area contributed by atoms with Gasteiger partial charge in [0.2, 0.25) is 0 Å². The Hall–Kier alpha value is -1.81. The number of benzene rings is 2. The van der Waals surface area contributed by atoms with Crippen LogP contribution in [0.2, 0.25) is 24.7 Å². The van der Waals surface area contributed by atoms with Crippen LogP contribution in [0.4, 0.5) is 0 Å². The van der Waals surface area contributed by atoms with Crippen LogP contribution in [0.5, 0.6) is 0 Å². The molecule has 0 spiro atoms. The molecule has 4 nitrogen and oxygen atoms in total. The monoisotopic (exact) mass is 660 g/mol. The van der Waals surface area contributed by atoms with E-state index in [1.165, 1.54) is 15.9 Å². The minimum absolute atomic E-state index is 0.0390. The van der Waals surface area contributed by atoms with Gasteiger partial charge in [0.15, 0.2) is 14.1 Å². The van der Waals surface area contributed by atoms with Crippen molar-refractivity contribution in [3.05, 3.63) is 84.5 Å². The van der Waals surface area contributed by atoms with Gasteiger partial charge in [-0.25, -0.2) is 0 Å². The molecule has 0 radical (unpaired) electrons. The molecule has 1 heterocycles. The minimum Gasteiger partial charge on any atom is -0.414 e. The van der Waals surface area contributed by atoms with Crippen LogP contribution >= 0.6 is 0 Å². The van der Waals surface area contributed by atoms with Crippen molar-refractivity contribution in [3.8, 4) is 0 Å². The Labute approximate surface area is 282 Å². The Kier molecular flexibility index (Phi) is 11.1. The smallest absolute Gasteiger partial charge is 0.261 e. The number of fused-ring (bicyclic) bond motifs is 1. The summed E-state index contributed by atoms with van der Waals surface area (Å²) in [6.45, 7) is 21.3. The lowest BCUT2D eigenvalue weighted by Crippen LogP contribution is -2.66. The Morgan fingerprint density at radius 3 is 2.00 bits per heavy atom. The number of allylic oxidation sites excluding steroid dienone is 3. The fraction of sp³-hybridized carbons (Fsp3) is 0.600. The molecule has 1 fully saturated rings. The van der Waals surface area contributed by atoms with Crippen LogP contribution in [0.15, 0.2) is 84.5 Å². The third-order valence-corrected chi connectivity index (χ3v) is 16.3. The second-order valence-corrected chi connectivity index (χ2v) is 25.2. The number of ether oxygens (including phenoxy) is 2. The van der Waals surface area contributed by atoms with E-state index in [0.29, 0.717) is 30.5 Å². The molecule has 0 N–H and O–H groups in total. The van der Waals surface area contributed by atoms with Crippen molar-refractivity contribution < 1.29 is 18.3 Å². The van der Waals surface area contributed by atoms with Crippen LogP contribution in [-0.2, 0) is 18.3 Å². The highest BCUT2D eigenvalue weighted by atomic mass is 28.4. The molecule has 5 rings (SSSR count). The lowest BCUT2D eigenvalue weighted by atomic mass is 9.66. The van der Waals surface area contributed by atoms with E-state index in [0.717, 1.165) is 38.5 Å². The predicted molar refractivity (Wildman–Crippen MR) is 197 cm³/mol. The first-order valence-electron chi connectivity index (χ1n) is 17.9. The quantitative estimate of drug-likeness (QED) is 0.226. The van der Waals surface area contributed by atoms with Crippen molar-refractivity contribution in [1.82, 2.24) is 0 Å². The molecule has 6 heteroatoms. The largest absolute Gasteiger partial charge is 0.414 e. The summed E-state index contributed by atoms with van der Waals surface area (Å²) in [6, 6.07) is 21.9. The van der Waals surface area contributed by atoms with E-state index in [-0.39, 0.29) is 17.2 Å². The first kappa shape index (κ1) is 35.5. The van der Waals surface area contributed by atoms with E-state index in [1.54, 1.807) is 0 Å². The molecule has 0 unspecified atom stereocenters. The second-order valence-electron chi connectivity index (χ2n) is 16.5. The van der Waals surface area contributed by atoms with Crippen molar-refractivity contribution >= 4 is 27.0 Å². The minimum atomic E-state index is -2.58. The SMILES string of the molecule is C[C@H]1C=CC2=CCC[C@@H](O[Si](C)(C)C)[C@@H]2[C@H]1CC[C@@H]1C[C@H](CCO[Si](c2ccccc2)(c2ccccc2)C(C)(C)C)OC(C)(C)O1. The molecule has 0 bridgehead atoms. The van der Waals surface area contributed by atoms with Crippen molar-refractivity contribution in [2.45, 2.75) is 129 Å². The van der Waals surface area contributed by atoms with Gasteiger partial charge in [-0.2, -0.15) is 0 Å². The van der Waals surface area contributed by atoms with Gasteiger partial charge in [0.1, 0.15) is 0 Å². The third-order valence-electron chi connectivity index (χ3n) is 10.3. The Balaban J connectivity index is 1.28. The van der Waals surface area contributed by atoms with Crippen LogP contribution in [0, 0.1) is 17.8 Å². The summed E-state index contributed by atoms with van der Waals surface area (Å²) in [5, 5.41) is 2.61. The van der Waals surface area contributed by atoms with Crippen LogP contribution in [0.1, 0.15) is 80.1 Å². The number of hydrogen-bond donors (Lipinski definition) is 0. The maximum Gasteiger partial charge on any atom is 0.261 e. The molecule has 252 valence electrons. The van der Waals surface area contributed by atoms with E-state index in [2.05, 4.69) is 140 Å².